The molecule has 35 heavy (non-hydrogen) atoms. The minimum atomic E-state index is -0.780. The first kappa shape index (κ1) is 23.8. The van der Waals surface area contributed by atoms with Crippen LogP contribution >= 0.6 is 0 Å². The number of amides is 2. The number of carbonyl (C=O) groups is 2. The van der Waals surface area contributed by atoms with Crippen molar-refractivity contribution in [1.82, 2.24) is 10.6 Å². The molecule has 1 heterocycles. The van der Waals surface area contributed by atoms with Crippen LogP contribution < -0.4 is 20.1 Å². The monoisotopic (exact) mass is 476 g/mol. The molecule has 2 amide bonds. The van der Waals surface area contributed by atoms with Gasteiger partial charge < -0.3 is 24.8 Å². The number of carbonyl (C=O) groups excluding carboxylic acids is 2. The molecule has 3 aromatic rings. The topological polar surface area (TPSA) is 85.9 Å². The fraction of sp³-hybridized carbons (Fsp3) is 0.185. The first-order valence-corrected chi connectivity index (χ1v) is 11.1. The third kappa shape index (κ3) is 5.43. The van der Waals surface area contributed by atoms with E-state index >= 15 is 0 Å². The first-order valence-electron chi connectivity index (χ1n) is 11.1. The summed E-state index contributed by atoms with van der Waals surface area (Å²) in [5, 5.41) is 5.57. The zero-order chi connectivity index (χ0) is 24.8. The van der Waals surface area contributed by atoms with E-state index in [1.807, 2.05) is 30.3 Å². The summed E-state index contributed by atoms with van der Waals surface area (Å²) >= 11 is 0. The number of hydrogen-bond acceptors (Lipinski definition) is 5. The maximum absolute atomic E-state index is 13.2. The number of urea groups is 1. The highest BCUT2D eigenvalue weighted by molar-refractivity contribution is 6.04. The van der Waals surface area contributed by atoms with E-state index in [0.717, 1.165) is 5.56 Å². The number of nitrogens with one attached hydrogen (secondary N) is 2. The predicted octanol–water partition coefficient (Wildman–Crippen LogP) is 4.74. The summed E-state index contributed by atoms with van der Waals surface area (Å²) in [6.07, 6.45) is 0. The Bertz CT molecular complexity index is 1240. The molecule has 0 unspecified atom stereocenters. The van der Waals surface area contributed by atoms with Gasteiger partial charge in [0, 0.05) is 0 Å². The third-order valence-corrected chi connectivity index (χ3v) is 5.46. The molecule has 8 heteroatoms. The fourth-order valence-corrected chi connectivity index (χ4v) is 3.80. The third-order valence-electron chi connectivity index (χ3n) is 5.46. The Morgan fingerprint density at radius 1 is 1.00 bits per heavy atom. The minimum Gasteiger partial charge on any atom is -0.493 e. The molecule has 0 spiro atoms. The SMILES string of the molecule is CCOC(=O)C1=C(c2ccccc2)NC(=O)N[C@@H]1c1ccc(OCc2ccc(F)cc2)c(OC)c1. The lowest BCUT2D eigenvalue weighted by Gasteiger charge is -2.30. The molecule has 0 bridgehead atoms. The Morgan fingerprint density at radius 3 is 2.43 bits per heavy atom. The van der Waals surface area contributed by atoms with Crippen LogP contribution in [0.15, 0.2) is 78.4 Å². The molecule has 0 aromatic heterocycles. The summed E-state index contributed by atoms with van der Waals surface area (Å²) < 4.78 is 29.9. The summed E-state index contributed by atoms with van der Waals surface area (Å²) in [5.74, 6) is 0.0205. The number of esters is 1. The average molecular weight is 477 g/mol. The standard InChI is InChI=1S/C27H25FN2O5/c1-3-34-26(31)23-24(18-7-5-4-6-8-18)29-27(32)30-25(23)19-11-14-21(22(15-19)33-2)35-16-17-9-12-20(28)13-10-17/h4-15,25H,3,16H2,1-2H3,(H2,29,30,32)/t25-/m1/s1. The van der Waals surface area contributed by atoms with Gasteiger partial charge >= 0.3 is 12.0 Å². The number of rotatable bonds is 8. The van der Waals surface area contributed by atoms with Gasteiger partial charge in [0.1, 0.15) is 12.4 Å². The first-order chi connectivity index (χ1) is 17.0. The van der Waals surface area contributed by atoms with Crippen molar-refractivity contribution >= 4 is 17.7 Å². The highest BCUT2D eigenvalue weighted by Gasteiger charge is 2.34. The van der Waals surface area contributed by atoms with Crippen molar-refractivity contribution in [3.63, 3.8) is 0 Å². The van der Waals surface area contributed by atoms with Crippen molar-refractivity contribution in [2.45, 2.75) is 19.6 Å². The lowest BCUT2D eigenvalue weighted by Crippen LogP contribution is -2.45. The Balaban J connectivity index is 1.70. The number of ether oxygens (including phenoxy) is 3. The van der Waals surface area contributed by atoms with Gasteiger partial charge in [-0.2, -0.15) is 0 Å². The summed E-state index contributed by atoms with van der Waals surface area (Å²) in [7, 11) is 1.50. The van der Waals surface area contributed by atoms with Crippen LogP contribution in [0.3, 0.4) is 0 Å². The van der Waals surface area contributed by atoms with Gasteiger partial charge in [-0.1, -0.05) is 48.5 Å². The lowest BCUT2D eigenvalue weighted by molar-refractivity contribution is -0.138. The normalized spacial score (nSPS) is 15.2. The van der Waals surface area contributed by atoms with Crippen molar-refractivity contribution in [3.05, 3.63) is 101 Å². The van der Waals surface area contributed by atoms with E-state index in [1.165, 1.54) is 19.2 Å². The molecular weight excluding hydrogens is 451 g/mol. The van der Waals surface area contributed by atoms with Gasteiger partial charge in [-0.3, -0.25) is 0 Å². The summed E-state index contributed by atoms with van der Waals surface area (Å²) in [6.45, 7) is 2.12. The highest BCUT2D eigenvalue weighted by Crippen LogP contribution is 2.36. The van der Waals surface area contributed by atoms with Crippen LogP contribution in [-0.4, -0.2) is 25.7 Å². The number of methoxy groups -OCH3 is 1. The second kappa shape index (κ2) is 10.7. The van der Waals surface area contributed by atoms with Crippen LogP contribution in [0.2, 0.25) is 0 Å². The zero-order valence-corrected chi connectivity index (χ0v) is 19.3. The molecule has 2 N–H and O–H groups in total. The number of halogens is 1. The second-order valence-electron chi connectivity index (χ2n) is 7.73. The molecule has 1 atom stereocenters. The van der Waals surface area contributed by atoms with Crippen molar-refractivity contribution in [2.75, 3.05) is 13.7 Å². The van der Waals surface area contributed by atoms with Crippen LogP contribution in [0, 0.1) is 5.82 Å². The Labute approximate surface area is 202 Å². The molecule has 1 aliphatic rings. The molecule has 0 radical (unpaired) electrons. The van der Waals surface area contributed by atoms with Crippen LogP contribution in [0.5, 0.6) is 11.5 Å². The van der Waals surface area contributed by atoms with Gasteiger partial charge in [-0.25, -0.2) is 14.0 Å². The maximum atomic E-state index is 13.2. The van der Waals surface area contributed by atoms with E-state index < -0.39 is 18.0 Å². The summed E-state index contributed by atoms with van der Waals surface area (Å²) in [6, 6.07) is 19.1. The average Bonchev–Trinajstić information content (AvgIpc) is 2.88. The van der Waals surface area contributed by atoms with E-state index in [1.54, 1.807) is 37.3 Å². The van der Waals surface area contributed by atoms with Gasteiger partial charge in [-0.05, 0) is 47.9 Å². The maximum Gasteiger partial charge on any atom is 0.338 e. The van der Waals surface area contributed by atoms with Gasteiger partial charge in [0.05, 0.1) is 31.0 Å². The largest absolute Gasteiger partial charge is 0.493 e. The van der Waals surface area contributed by atoms with Gasteiger partial charge in [0.15, 0.2) is 11.5 Å². The van der Waals surface area contributed by atoms with Crippen LogP contribution in [-0.2, 0) is 16.1 Å². The quantitative estimate of drug-likeness (QED) is 0.459. The summed E-state index contributed by atoms with van der Waals surface area (Å²) in [5.41, 5.74) is 2.75. The van der Waals surface area contributed by atoms with Crippen molar-refractivity contribution in [3.8, 4) is 11.5 Å². The highest BCUT2D eigenvalue weighted by atomic mass is 19.1. The van der Waals surface area contributed by atoms with Crippen LogP contribution in [0.25, 0.3) is 5.70 Å². The number of benzene rings is 3. The molecule has 0 fully saturated rings. The van der Waals surface area contributed by atoms with E-state index in [0.29, 0.717) is 28.3 Å². The van der Waals surface area contributed by atoms with Crippen LogP contribution in [0.1, 0.15) is 29.7 Å². The van der Waals surface area contributed by atoms with Crippen molar-refractivity contribution in [2.24, 2.45) is 0 Å². The molecule has 4 rings (SSSR count). The van der Waals surface area contributed by atoms with E-state index in [-0.39, 0.29) is 24.6 Å². The van der Waals surface area contributed by atoms with Crippen molar-refractivity contribution < 1.29 is 28.2 Å². The molecule has 1 aliphatic heterocycles. The molecule has 0 saturated heterocycles. The van der Waals surface area contributed by atoms with E-state index in [9.17, 15) is 14.0 Å². The smallest absolute Gasteiger partial charge is 0.338 e. The minimum absolute atomic E-state index is 0.185. The zero-order valence-electron chi connectivity index (χ0n) is 19.3. The molecule has 180 valence electrons. The Hall–Kier alpha value is -4.33. The van der Waals surface area contributed by atoms with Gasteiger partial charge in [0.25, 0.3) is 0 Å². The summed E-state index contributed by atoms with van der Waals surface area (Å²) in [4.78, 5) is 25.6. The van der Waals surface area contributed by atoms with E-state index in [2.05, 4.69) is 10.6 Å². The number of hydrogen-bond donors (Lipinski definition) is 2. The molecule has 3 aromatic carbocycles. The second-order valence-corrected chi connectivity index (χ2v) is 7.73. The molecule has 0 saturated carbocycles. The van der Waals surface area contributed by atoms with E-state index in [4.69, 9.17) is 14.2 Å². The molecular formula is C27H25FN2O5. The van der Waals surface area contributed by atoms with Crippen molar-refractivity contribution in [1.29, 1.82) is 0 Å². The molecule has 7 nitrogen and oxygen atoms in total. The van der Waals surface area contributed by atoms with Gasteiger partial charge in [-0.15, -0.1) is 0 Å². The Morgan fingerprint density at radius 2 is 1.74 bits per heavy atom. The Kier molecular flexibility index (Phi) is 7.30. The fourth-order valence-electron chi connectivity index (χ4n) is 3.80. The van der Waals surface area contributed by atoms with Crippen LogP contribution in [0.4, 0.5) is 9.18 Å². The lowest BCUT2D eigenvalue weighted by atomic mass is 9.92. The predicted molar refractivity (Wildman–Crippen MR) is 128 cm³/mol. The molecule has 0 aliphatic carbocycles. The van der Waals surface area contributed by atoms with Gasteiger partial charge in [0.2, 0.25) is 0 Å².